The van der Waals surface area contributed by atoms with Gasteiger partial charge in [-0.1, -0.05) is 0 Å². The second-order valence-electron chi connectivity index (χ2n) is 7.12. The maximum absolute atomic E-state index is 12.4. The highest BCUT2D eigenvalue weighted by atomic mass is 32.2. The monoisotopic (exact) mass is 374 g/mol. The molecule has 0 unspecified atom stereocenters. The summed E-state index contributed by atoms with van der Waals surface area (Å²) in [7, 11) is -3.53. The number of aryl methyl sites for hydroxylation is 1. The van der Waals surface area contributed by atoms with Crippen molar-refractivity contribution >= 4 is 25.5 Å². The van der Waals surface area contributed by atoms with Crippen LogP contribution in [0.15, 0.2) is 17.0 Å². The Morgan fingerprint density at radius 3 is 2.17 bits per heavy atom. The molecule has 24 heavy (non-hydrogen) atoms. The summed E-state index contributed by atoms with van der Waals surface area (Å²) in [5.74, 6) is 0.167. The largest absolute Gasteiger partial charge is 0.384 e. The van der Waals surface area contributed by atoms with Crippen molar-refractivity contribution in [3.05, 3.63) is 23.3 Å². The van der Waals surface area contributed by atoms with Crippen molar-refractivity contribution < 1.29 is 16.8 Å². The van der Waals surface area contributed by atoms with Gasteiger partial charge in [0.2, 0.25) is 10.0 Å². The molecule has 1 aliphatic carbocycles. The van der Waals surface area contributed by atoms with Crippen LogP contribution in [0, 0.1) is 19.3 Å². The number of hydrogen-bond acceptors (Lipinski definition) is 5. The van der Waals surface area contributed by atoms with Crippen molar-refractivity contribution in [3.8, 4) is 0 Å². The lowest BCUT2D eigenvalue weighted by atomic mass is 10.1. The minimum absolute atomic E-state index is 0.167. The molecule has 0 saturated heterocycles. The molecule has 0 aromatic heterocycles. The first-order valence-electron chi connectivity index (χ1n) is 7.82. The highest BCUT2D eigenvalue weighted by Crippen LogP contribution is 2.46. The van der Waals surface area contributed by atoms with Crippen LogP contribution in [0.3, 0.4) is 0 Å². The molecule has 0 radical (unpaired) electrons. The zero-order chi connectivity index (χ0) is 18.3. The molecular formula is C16H26N2O4S2. The fraction of sp³-hybridized carbons (Fsp3) is 0.625. The highest BCUT2D eigenvalue weighted by molar-refractivity contribution is 7.90. The molecule has 0 amide bonds. The van der Waals surface area contributed by atoms with Crippen molar-refractivity contribution in [3.63, 3.8) is 0 Å². The van der Waals surface area contributed by atoms with Gasteiger partial charge in [-0.3, -0.25) is 0 Å². The van der Waals surface area contributed by atoms with Crippen LogP contribution in [0.25, 0.3) is 0 Å². The van der Waals surface area contributed by atoms with Gasteiger partial charge in [0.25, 0.3) is 0 Å². The molecule has 0 bridgehead atoms. The van der Waals surface area contributed by atoms with Gasteiger partial charge >= 0.3 is 0 Å². The molecule has 6 nitrogen and oxygen atoms in total. The van der Waals surface area contributed by atoms with E-state index in [-0.39, 0.29) is 16.1 Å². The van der Waals surface area contributed by atoms with E-state index in [0.29, 0.717) is 6.54 Å². The zero-order valence-electron chi connectivity index (χ0n) is 14.9. The van der Waals surface area contributed by atoms with E-state index < -0.39 is 19.9 Å². The average molecular weight is 375 g/mol. The summed E-state index contributed by atoms with van der Waals surface area (Å²) in [6.45, 7) is 4.34. The minimum atomic E-state index is -3.51. The van der Waals surface area contributed by atoms with E-state index in [4.69, 9.17) is 0 Å². The number of nitrogens with one attached hydrogen (secondary N) is 1. The summed E-state index contributed by atoms with van der Waals surface area (Å²) in [5.41, 5.74) is 2.39. The van der Waals surface area contributed by atoms with Crippen LogP contribution < -0.4 is 5.32 Å². The van der Waals surface area contributed by atoms with E-state index in [1.54, 1.807) is 12.1 Å². The van der Waals surface area contributed by atoms with Crippen LogP contribution >= 0.6 is 0 Å². The second kappa shape index (κ2) is 6.31. The molecule has 1 N–H and O–H groups in total. The molecule has 0 atom stereocenters. The predicted octanol–water partition coefficient (Wildman–Crippen LogP) is 1.79. The Kier molecular flexibility index (Phi) is 5.05. The maximum Gasteiger partial charge on any atom is 0.242 e. The van der Waals surface area contributed by atoms with Crippen LogP contribution in [0.2, 0.25) is 0 Å². The van der Waals surface area contributed by atoms with E-state index in [2.05, 4.69) is 5.32 Å². The van der Waals surface area contributed by atoms with E-state index in [1.165, 1.54) is 24.7 Å². The Labute approximate surface area is 145 Å². The molecule has 1 fully saturated rings. The van der Waals surface area contributed by atoms with Gasteiger partial charge in [-0.2, -0.15) is 0 Å². The number of hydrogen-bond donors (Lipinski definition) is 1. The Hall–Kier alpha value is -1.12. The molecule has 8 heteroatoms. The molecule has 1 aliphatic rings. The minimum Gasteiger partial charge on any atom is -0.384 e. The third-order valence-electron chi connectivity index (χ3n) is 4.60. The number of sulfonamides is 1. The summed E-state index contributed by atoms with van der Waals surface area (Å²) in [6, 6.07) is 3.30. The van der Waals surface area contributed by atoms with E-state index >= 15 is 0 Å². The summed E-state index contributed by atoms with van der Waals surface area (Å²) >= 11 is 0. The van der Waals surface area contributed by atoms with E-state index in [0.717, 1.165) is 29.7 Å². The average Bonchev–Trinajstić information content (AvgIpc) is 3.17. The van der Waals surface area contributed by atoms with Gasteiger partial charge in [0.15, 0.2) is 0 Å². The molecule has 0 spiro atoms. The normalized spacial score (nSPS) is 17.1. The standard InChI is InChI=1S/C16H26N2O4S2/c1-12-8-14(24(21,22)18(3)4)9-15(13(12)2)17-10-16(6-7-16)11-23(5,19)20/h8-9,17H,6-7,10-11H2,1-5H3. The maximum atomic E-state index is 12.4. The van der Waals surface area contributed by atoms with Crippen molar-refractivity contribution in [2.45, 2.75) is 31.6 Å². The predicted molar refractivity (Wildman–Crippen MR) is 96.7 cm³/mol. The van der Waals surface area contributed by atoms with Gasteiger partial charge in [-0.15, -0.1) is 0 Å². The van der Waals surface area contributed by atoms with Crippen LogP contribution in [-0.4, -0.2) is 53.8 Å². The first-order valence-corrected chi connectivity index (χ1v) is 11.3. The van der Waals surface area contributed by atoms with Crippen LogP contribution in [-0.2, 0) is 19.9 Å². The number of sulfone groups is 1. The molecule has 136 valence electrons. The van der Waals surface area contributed by atoms with Crippen molar-refractivity contribution in [2.24, 2.45) is 5.41 Å². The molecule has 0 aliphatic heterocycles. The first-order chi connectivity index (χ1) is 10.9. The van der Waals surface area contributed by atoms with Gasteiger partial charge in [0, 0.05) is 38.0 Å². The van der Waals surface area contributed by atoms with Gasteiger partial charge in [-0.05, 0) is 49.9 Å². The third kappa shape index (κ3) is 4.29. The summed E-state index contributed by atoms with van der Waals surface area (Å²) in [4.78, 5) is 0.242. The lowest BCUT2D eigenvalue weighted by Gasteiger charge is -2.20. The number of benzene rings is 1. The third-order valence-corrected chi connectivity index (χ3v) is 7.53. The summed E-state index contributed by atoms with van der Waals surface area (Å²) in [5, 5.41) is 3.28. The first kappa shape index (κ1) is 19.2. The fourth-order valence-corrected chi connectivity index (χ4v) is 5.27. The molecule has 1 saturated carbocycles. The summed E-state index contributed by atoms with van der Waals surface area (Å²) in [6.07, 6.45) is 3.01. The summed E-state index contributed by atoms with van der Waals surface area (Å²) < 4.78 is 49.1. The van der Waals surface area contributed by atoms with E-state index in [1.807, 2.05) is 13.8 Å². The molecule has 1 aromatic carbocycles. The van der Waals surface area contributed by atoms with Crippen molar-refractivity contribution in [1.82, 2.24) is 4.31 Å². The van der Waals surface area contributed by atoms with E-state index in [9.17, 15) is 16.8 Å². The van der Waals surface area contributed by atoms with Crippen molar-refractivity contribution in [2.75, 3.05) is 38.0 Å². The van der Waals surface area contributed by atoms with Crippen LogP contribution in [0.4, 0.5) is 5.69 Å². The van der Waals surface area contributed by atoms with Gasteiger partial charge in [0.05, 0.1) is 10.6 Å². The van der Waals surface area contributed by atoms with Gasteiger partial charge in [0.1, 0.15) is 9.84 Å². The Balaban J connectivity index is 2.27. The highest BCUT2D eigenvalue weighted by Gasteiger charge is 2.45. The fourth-order valence-electron chi connectivity index (χ4n) is 2.76. The number of anilines is 1. The lowest BCUT2D eigenvalue weighted by molar-refractivity contribution is 0.520. The van der Waals surface area contributed by atoms with Crippen LogP contribution in [0.1, 0.15) is 24.0 Å². The smallest absolute Gasteiger partial charge is 0.242 e. The Bertz CT molecular complexity index is 839. The Morgan fingerprint density at radius 2 is 1.71 bits per heavy atom. The number of rotatable bonds is 7. The molecule has 0 heterocycles. The van der Waals surface area contributed by atoms with Crippen LogP contribution in [0.5, 0.6) is 0 Å². The molecular weight excluding hydrogens is 348 g/mol. The topological polar surface area (TPSA) is 83.6 Å². The van der Waals surface area contributed by atoms with Gasteiger partial charge in [-0.25, -0.2) is 21.1 Å². The number of nitrogens with zero attached hydrogens (tertiary/aromatic N) is 1. The molecule has 2 rings (SSSR count). The lowest BCUT2D eigenvalue weighted by Crippen LogP contribution is -2.25. The zero-order valence-corrected chi connectivity index (χ0v) is 16.5. The van der Waals surface area contributed by atoms with Gasteiger partial charge < -0.3 is 5.32 Å². The van der Waals surface area contributed by atoms with Crippen molar-refractivity contribution in [1.29, 1.82) is 0 Å². The second-order valence-corrected chi connectivity index (χ2v) is 11.4. The quantitative estimate of drug-likeness (QED) is 0.787. The SMILES string of the molecule is Cc1cc(S(=O)(=O)N(C)C)cc(NCC2(CS(C)(=O)=O)CC2)c1C. The molecule has 1 aromatic rings. The Morgan fingerprint density at radius 1 is 1.12 bits per heavy atom.